The lowest BCUT2D eigenvalue weighted by molar-refractivity contribution is 0.414. The van der Waals surface area contributed by atoms with Crippen molar-refractivity contribution in [3.05, 3.63) is 50.2 Å². The zero-order valence-corrected chi connectivity index (χ0v) is 19.5. The summed E-state index contributed by atoms with van der Waals surface area (Å²) in [6.45, 7) is 3.28. The van der Waals surface area contributed by atoms with Crippen molar-refractivity contribution in [3.63, 3.8) is 0 Å². The number of imidazole rings is 1. The van der Waals surface area contributed by atoms with Crippen LogP contribution in [0.25, 0.3) is 11.2 Å². The van der Waals surface area contributed by atoms with Gasteiger partial charge >= 0.3 is 5.69 Å². The van der Waals surface area contributed by atoms with Gasteiger partial charge in [-0.2, -0.15) is 10.2 Å². The lowest BCUT2D eigenvalue weighted by Gasteiger charge is -2.31. The molecular weight excluding hydrogens is 434 g/mol. The zero-order valence-electron chi connectivity index (χ0n) is 19.5. The third-order valence-electron chi connectivity index (χ3n) is 6.13. The van der Waals surface area contributed by atoms with Gasteiger partial charge in [0, 0.05) is 26.2 Å². The monoisotopic (exact) mass is 461 g/mol. The Morgan fingerprint density at radius 3 is 2.76 bits per heavy atom. The highest BCUT2D eigenvalue weighted by atomic mass is 16.5. The van der Waals surface area contributed by atoms with Gasteiger partial charge in [0.25, 0.3) is 5.56 Å². The highest BCUT2D eigenvalue weighted by Gasteiger charge is 2.26. The second kappa shape index (κ2) is 9.46. The van der Waals surface area contributed by atoms with Gasteiger partial charge < -0.3 is 15.4 Å². The number of hydrogen-bond donors (Lipinski definition) is 1. The number of anilines is 1. The van der Waals surface area contributed by atoms with E-state index < -0.39 is 11.2 Å². The summed E-state index contributed by atoms with van der Waals surface area (Å²) in [6, 6.07) is 7.07. The summed E-state index contributed by atoms with van der Waals surface area (Å²) >= 11 is 0. The first-order valence-corrected chi connectivity index (χ1v) is 11.1. The van der Waals surface area contributed by atoms with Crippen LogP contribution in [0, 0.1) is 23.2 Å². The minimum atomic E-state index is -0.516. The minimum absolute atomic E-state index is 0.0113. The number of nitriles is 1. The molecular formula is C24H27N7O3. The number of ether oxygens (including phenoxy) is 1. The Balaban J connectivity index is 1.94. The molecule has 2 aromatic heterocycles. The molecule has 0 saturated carbocycles. The fourth-order valence-electron chi connectivity index (χ4n) is 4.35. The molecule has 0 spiro atoms. The standard InChI is InChI=1S/C24H27N7O3/c1-4-5-11-30-20-21(27-23(30)29-10-6-7-18(26)15-29)28(2)24(33)31(22(20)32)14-17-12-19(34-3)9-8-16(17)13-25/h8-9,12,18H,6-7,10-11,14-15,26H2,1-3H3/t18-/m1/s1. The van der Waals surface area contributed by atoms with Gasteiger partial charge in [-0.1, -0.05) is 5.92 Å². The molecule has 2 N–H and O–H groups in total. The van der Waals surface area contributed by atoms with Crippen molar-refractivity contribution in [3.8, 4) is 23.7 Å². The molecule has 0 unspecified atom stereocenters. The smallest absolute Gasteiger partial charge is 0.332 e. The minimum Gasteiger partial charge on any atom is -0.497 e. The summed E-state index contributed by atoms with van der Waals surface area (Å²) in [5.41, 5.74) is 6.66. The van der Waals surface area contributed by atoms with Crippen LogP contribution in [-0.2, 0) is 20.1 Å². The van der Waals surface area contributed by atoms with Gasteiger partial charge in [-0.3, -0.25) is 18.5 Å². The summed E-state index contributed by atoms with van der Waals surface area (Å²) in [4.78, 5) is 33.7. The van der Waals surface area contributed by atoms with Gasteiger partial charge in [-0.25, -0.2) is 4.79 Å². The molecule has 1 atom stereocenters. The molecule has 0 aliphatic carbocycles. The zero-order chi connectivity index (χ0) is 24.4. The summed E-state index contributed by atoms with van der Waals surface area (Å²) in [5, 5.41) is 9.53. The van der Waals surface area contributed by atoms with E-state index in [1.165, 1.54) is 11.7 Å². The van der Waals surface area contributed by atoms with Crippen LogP contribution in [0.5, 0.6) is 5.75 Å². The topological polar surface area (TPSA) is 124 Å². The number of benzene rings is 1. The molecule has 1 aliphatic rings. The molecule has 1 saturated heterocycles. The fraction of sp³-hybridized carbons (Fsp3) is 0.417. The van der Waals surface area contributed by atoms with Crippen LogP contribution in [-0.4, -0.2) is 44.9 Å². The van der Waals surface area contributed by atoms with Gasteiger partial charge in [0.2, 0.25) is 5.95 Å². The highest BCUT2D eigenvalue weighted by molar-refractivity contribution is 5.75. The van der Waals surface area contributed by atoms with Crippen LogP contribution >= 0.6 is 0 Å². The molecule has 1 aromatic carbocycles. The van der Waals surface area contributed by atoms with E-state index in [2.05, 4.69) is 22.8 Å². The number of fused-ring (bicyclic) bond motifs is 1. The normalized spacial score (nSPS) is 15.6. The first kappa shape index (κ1) is 23.1. The van der Waals surface area contributed by atoms with Crippen molar-refractivity contribution < 1.29 is 4.74 Å². The maximum atomic E-state index is 13.7. The van der Waals surface area contributed by atoms with Crippen molar-refractivity contribution >= 4 is 17.1 Å². The predicted molar refractivity (Wildman–Crippen MR) is 129 cm³/mol. The summed E-state index contributed by atoms with van der Waals surface area (Å²) in [5.74, 6) is 7.00. The van der Waals surface area contributed by atoms with E-state index in [1.807, 2.05) is 0 Å². The lowest BCUT2D eigenvalue weighted by Crippen LogP contribution is -2.44. The van der Waals surface area contributed by atoms with E-state index in [0.717, 1.165) is 24.0 Å². The first-order chi connectivity index (χ1) is 16.4. The molecule has 176 valence electrons. The van der Waals surface area contributed by atoms with Gasteiger partial charge in [0.1, 0.15) is 5.75 Å². The molecule has 4 rings (SSSR count). The Labute approximate surface area is 196 Å². The number of nitrogens with two attached hydrogens (primary N) is 1. The summed E-state index contributed by atoms with van der Waals surface area (Å²) < 4.78 is 9.52. The molecule has 3 aromatic rings. The van der Waals surface area contributed by atoms with Crippen molar-refractivity contribution in [2.45, 2.75) is 38.9 Å². The van der Waals surface area contributed by atoms with Crippen LogP contribution in [0.15, 0.2) is 27.8 Å². The molecule has 10 nitrogen and oxygen atoms in total. The molecule has 10 heteroatoms. The highest BCUT2D eigenvalue weighted by Crippen LogP contribution is 2.23. The number of aryl methyl sites for hydroxylation is 1. The van der Waals surface area contributed by atoms with E-state index in [-0.39, 0.29) is 19.1 Å². The average molecular weight is 462 g/mol. The van der Waals surface area contributed by atoms with E-state index in [4.69, 9.17) is 15.5 Å². The summed E-state index contributed by atoms with van der Waals surface area (Å²) in [7, 11) is 3.11. The predicted octanol–water partition coefficient (Wildman–Crippen LogP) is 0.776. The van der Waals surface area contributed by atoms with Crippen molar-refractivity contribution in [2.24, 2.45) is 12.8 Å². The Hall–Kier alpha value is -4.02. The van der Waals surface area contributed by atoms with Gasteiger partial charge in [0.15, 0.2) is 11.2 Å². The lowest BCUT2D eigenvalue weighted by atomic mass is 10.1. The maximum Gasteiger partial charge on any atom is 0.332 e. The number of rotatable bonds is 5. The number of aromatic nitrogens is 4. The van der Waals surface area contributed by atoms with E-state index >= 15 is 0 Å². The van der Waals surface area contributed by atoms with Crippen LogP contribution in [0.1, 0.15) is 30.9 Å². The van der Waals surface area contributed by atoms with Crippen LogP contribution < -0.4 is 26.6 Å². The van der Waals surface area contributed by atoms with Gasteiger partial charge in [0.05, 0.1) is 31.8 Å². The Kier molecular flexibility index (Phi) is 6.44. The molecule has 1 fully saturated rings. The second-order valence-corrected chi connectivity index (χ2v) is 8.31. The molecule has 34 heavy (non-hydrogen) atoms. The molecule has 0 radical (unpaired) electrons. The third-order valence-corrected chi connectivity index (χ3v) is 6.13. The van der Waals surface area contributed by atoms with E-state index in [0.29, 0.717) is 40.5 Å². The molecule has 3 heterocycles. The van der Waals surface area contributed by atoms with Crippen molar-refractivity contribution in [1.29, 1.82) is 5.26 Å². The Morgan fingerprint density at radius 1 is 1.29 bits per heavy atom. The molecule has 0 amide bonds. The SMILES string of the molecule is CC#CCn1c(N2CCC[C@@H](N)C2)nc2c1c(=O)n(Cc1cc(OC)ccc1C#N)c(=O)n2C. The van der Waals surface area contributed by atoms with Crippen LogP contribution in [0.4, 0.5) is 5.95 Å². The Bertz CT molecular complexity index is 1460. The maximum absolute atomic E-state index is 13.7. The number of hydrogen-bond acceptors (Lipinski definition) is 7. The number of piperidine rings is 1. The first-order valence-electron chi connectivity index (χ1n) is 11.1. The third kappa shape index (κ3) is 4.04. The van der Waals surface area contributed by atoms with Gasteiger partial charge in [-0.15, -0.1) is 5.92 Å². The van der Waals surface area contributed by atoms with Crippen molar-refractivity contribution in [1.82, 2.24) is 18.7 Å². The van der Waals surface area contributed by atoms with E-state index in [1.54, 1.807) is 36.7 Å². The van der Waals surface area contributed by atoms with E-state index in [9.17, 15) is 14.9 Å². The van der Waals surface area contributed by atoms with Crippen molar-refractivity contribution in [2.75, 3.05) is 25.1 Å². The second-order valence-electron chi connectivity index (χ2n) is 8.31. The Morgan fingerprint density at radius 2 is 2.09 bits per heavy atom. The van der Waals surface area contributed by atoms with Crippen LogP contribution in [0.2, 0.25) is 0 Å². The molecule has 0 bridgehead atoms. The number of methoxy groups -OCH3 is 1. The largest absolute Gasteiger partial charge is 0.497 e. The number of nitrogens with zero attached hydrogens (tertiary/aromatic N) is 6. The fourth-order valence-corrected chi connectivity index (χ4v) is 4.35. The average Bonchev–Trinajstić information content (AvgIpc) is 3.23. The quantitative estimate of drug-likeness (QED) is 0.557. The van der Waals surface area contributed by atoms with Gasteiger partial charge in [-0.05, 0) is 43.5 Å². The summed E-state index contributed by atoms with van der Waals surface area (Å²) in [6.07, 6.45) is 1.85. The van der Waals surface area contributed by atoms with Crippen LogP contribution in [0.3, 0.4) is 0 Å². The molecule has 1 aliphatic heterocycles.